The van der Waals surface area contributed by atoms with Crippen LogP contribution in [0.1, 0.15) is 64.7 Å². The molecule has 18 heavy (non-hydrogen) atoms. The average Bonchev–Trinajstić information content (AvgIpc) is 2.76. The van der Waals surface area contributed by atoms with Crippen molar-refractivity contribution in [3.63, 3.8) is 0 Å². The molecule has 1 aliphatic carbocycles. The Morgan fingerprint density at radius 3 is 3.00 bits per heavy atom. The normalized spacial score (nSPS) is 28.8. The van der Waals surface area contributed by atoms with Crippen molar-refractivity contribution in [3.05, 3.63) is 12.2 Å². The van der Waals surface area contributed by atoms with Gasteiger partial charge in [-0.1, -0.05) is 26.2 Å². The van der Waals surface area contributed by atoms with Gasteiger partial charge in [0.25, 0.3) is 0 Å². The minimum absolute atomic E-state index is 0.302. The molecule has 2 rings (SSSR count). The monoisotopic (exact) mass is 251 g/mol. The Hall–Kier alpha value is -0.900. The zero-order valence-corrected chi connectivity index (χ0v) is 11.8. The summed E-state index contributed by atoms with van der Waals surface area (Å²) >= 11 is 0. The van der Waals surface area contributed by atoms with E-state index in [2.05, 4.69) is 30.9 Å². The summed E-state index contributed by atoms with van der Waals surface area (Å²) in [5.74, 6) is 1.59. The second kappa shape index (κ2) is 5.39. The van der Waals surface area contributed by atoms with Crippen molar-refractivity contribution in [2.24, 2.45) is 5.92 Å². The van der Waals surface area contributed by atoms with Crippen molar-refractivity contribution in [1.29, 1.82) is 0 Å². The maximum Gasteiger partial charge on any atom is 0.138 e. The van der Waals surface area contributed by atoms with Crippen molar-refractivity contribution in [3.8, 4) is 0 Å². The summed E-state index contributed by atoms with van der Waals surface area (Å²) < 4.78 is 1.92. The third-order valence-corrected chi connectivity index (χ3v) is 4.12. The Morgan fingerprint density at radius 1 is 1.56 bits per heavy atom. The van der Waals surface area contributed by atoms with Crippen LogP contribution in [0.3, 0.4) is 0 Å². The highest BCUT2D eigenvalue weighted by atomic mass is 16.3. The van der Waals surface area contributed by atoms with Gasteiger partial charge in [-0.3, -0.25) is 0 Å². The lowest BCUT2D eigenvalue weighted by Crippen LogP contribution is -2.38. The van der Waals surface area contributed by atoms with E-state index in [1.54, 1.807) is 6.33 Å². The van der Waals surface area contributed by atoms with Crippen molar-refractivity contribution in [2.45, 2.75) is 70.9 Å². The molecule has 2 unspecified atom stereocenters. The number of aliphatic hydroxyl groups is 1. The second-order valence-corrected chi connectivity index (χ2v) is 5.99. The SMILES string of the molecule is CCC1CCCC(O)(Cc2ncnn2C(C)C)C1. The van der Waals surface area contributed by atoms with Crippen LogP contribution in [0.4, 0.5) is 0 Å². The molecule has 4 heteroatoms. The lowest BCUT2D eigenvalue weighted by atomic mass is 9.75. The molecule has 102 valence electrons. The van der Waals surface area contributed by atoms with E-state index in [9.17, 15) is 5.11 Å². The number of hydrogen-bond acceptors (Lipinski definition) is 3. The molecule has 2 atom stereocenters. The summed E-state index contributed by atoms with van der Waals surface area (Å²) in [5, 5.41) is 15.0. The average molecular weight is 251 g/mol. The molecular formula is C14H25N3O. The number of aromatic nitrogens is 3. The minimum Gasteiger partial charge on any atom is -0.389 e. The van der Waals surface area contributed by atoms with Crippen molar-refractivity contribution < 1.29 is 5.11 Å². The summed E-state index contributed by atoms with van der Waals surface area (Å²) in [7, 11) is 0. The Morgan fingerprint density at radius 2 is 2.33 bits per heavy atom. The van der Waals surface area contributed by atoms with Gasteiger partial charge in [0.1, 0.15) is 12.2 Å². The van der Waals surface area contributed by atoms with E-state index in [1.807, 2.05) is 4.68 Å². The molecule has 1 aliphatic rings. The Labute approximate surface area is 109 Å². The Kier molecular flexibility index (Phi) is 4.05. The van der Waals surface area contributed by atoms with Crippen molar-refractivity contribution >= 4 is 0 Å². The molecule has 0 saturated heterocycles. The summed E-state index contributed by atoms with van der Waals surface area (Å²) in [6.45, 7) is 6.41. The molecule has 1 saturated carbocycles. The highest BCUT2D eigenvalue weighted by Crippen LogP contribution is 2.36. The minimum atomic E-state index is -0.571. The molecule has 0 radical (unpaired) electrons. The lowest BCUT2D eigenvalue weighted by Gasteiger charge is -2.36. The zero-order chi connectivity index (χ0) is 13.2. The largest absolute Gasteiger partial charge is 0.389 e. The van der Waals surface area contributed by atoms with Crippen LogP contribution in [-0.4, -0.2) is 25.5 Å². The van der Waals surface area contributed by atoms with Crippen LogP contribution in [0, 0.1) is 5.92 Å². The summed E-state index contributed by atoms with van der Waals surface area (Å²) in [6.07, 6.45) is 7.60. The van der Waals surface area contributed by atoms with Crippen molar-refractivity contribution in [2.75, 3.05) is 0 Å². The van der Waals surface area contributed by atoms with E-state index < -0.39 is 5.60 Å². The molecule has 1 aromatic heterocycles. The quantitative estimate of drug-likeness (QED) is 0.895. The van der Waals surface area contributed by atoms with E-state index in [4.69, 9.17) is 0 Å². The van der Waals surface area contributed by atoms with Crippen molar-refractivity contribution in [1.82, 2.24) is 14.8 Å². The van der Waals surface area contributed by atoms with Gasteiger partial charge in [-0.15, -0.1) is 0 Å². The molecule has 0 aromatic carbocycles. The lowest BCUT2D eigenvalue weighted by molar-refractivity contribution is -0.0186. The van der Waals surface area contributed by atoms with Crippen LogP contribution in [0.5, 0.6) is 0 Å². The van der Waals surface area contributed by atoms with Gasteiger partial charge in [0.2, 0.25) is 0 Å². The summed E-state index contributed by atoms with van der Waals surface area (Å²) in [6, 6.07) is 0.302. The first kappa shape index (κ1) is 13.5. The van der Waals surface area contributed by atoms with E-state index in [0.29, 0.717) is 18.4 Å². The van der Waals surface area contributed by atoms with Crippen LogP contribution < -0.4 is 0 Å². The maximum absolute atomic E-state index is 10.8. The smallest absolute Gasteiger partial charge is 0.138 e. The molecule has 0 bridgehead atoms. The zero-order valence-electron chi connectivity index (χ0n) is 11.8. The third kappa shape index (κ3) is 2.91. The van der Waals surface area contributed by atoms with Crippen LogP contribution in [0.2, 0.25) is 0 Å². The van der Waals surface area contributed by atoms with Gasteiger partial charge in [0, 0.05) is 12.5 Å². The van der Waals surface area contributed by atoms with Gasteiger partial charge in [0.15, 0.2) is 0 Å². The summed E-state index contributed by atoms with van der Waals surface area (Å²) in [4.78, 5) is 4.32. The van der Waals surface area contributed by atoms with Gasteiger partial charge < -0.3 is 5.11 Å². The maximum atomic E-state index is 10.8. The molecule has 0 amide bonds. The molecule has 1 fully saturated rings. The molecule has 1 heterocycles. The molecule has 1 aromatic rings. The van der Waals surface area contributed by atoms with Crippen LogP contribution >= 0.6 is 0 Å². The predicted octanol–water partition coefficient (Wildman–Crippen LogP) is 2.73. The second-order valence-electron chi connectivity index (χ2n) is 5.99. The standard InChI is InChI=1S/C14H25N3O/c1-4-12-6-5-7-14(18,8-12)9-13-15-10-16-17(13)11(2)3/h10-12,18H,4-9H2,1-3H3. The fraction of sp³-hybridized carbons (Fsp3) is 0.857. The Balaban J connectivity index is 2.09. The summed E-state index contributed by atoms with van der Waals surface area (Å²) in [5.41, 5.74) is -0.571. The molecule has 0 aliphatic heterocycles. The number of hydrogen-bond donors (Lipinski definition) is 1. The fourth-order valence-electron chi connectivity index (χ4n) is 3.10. The molecule has 0 spiro atoms. The highest BCUT2D eigenvalue weighted by molar-refractivity contribution is 4.98. The van der Waals surface area contributed by atoms with Gasteiger partial charge in [-0.05, 0) is 32.6 Å². The molecular weight excluding hydrogens is 226 g/mol. The topological polar surface area (TPSA) is 50.9 Å². The van der Waals surface area contributed by atoms with E-state index >= 15 is 0 Å². The molecule has 1 N–H and O–H groups in total. The predicted molar refractivity (Wildman–Crippen MR) is 71.3 cm³/mol. The number of nitrogens with zero attached hydrogens (tertiary/aromatic N) is 3. The fourth-order valence-corrected chi connectivity index (χ4v) is 3.10. The van der Waals surface area contributed by atoms with E-state index in [1.165, 1.54) is 12.8 Å². The van der Waals surface area contributed by atoms with Crippen LogP contribution in [0.25, 0.3) is 0 Å². The first-order valence-electron chi connectivity index (χ1n) is 7.15. The van der Waals surface area contributed by atoms with Gasteiger partial charge in [0.05, 0.1) is 5.60 Å². The third-order valence-electron chi connectivity index (χ3n) is 4.12. The van der Waals surface area contributed by atoms with Crippen LogP contribution in [0.15, 0.2) is 6.33 Å². The Bertz CT molecular complexity index is 388. The van der Waals surface area contributed by atoms with Crippen LogP contribution in [-0.2, 0) is 6.42 Å². The van der Waals surface area contributed by atoms with E-state index in [-0.39, 0.29) is 0 Å². The first-order valence-corrected chi connectivity index (χ1v) is 7.15. The number of rotatable bonds is 4. The van der Waals surface area contributed by atoms with E-state index in [0.717, 1.165) is 25.1 Å². The van der Waals surface area contributed by atoms with Gasteiger partial charge in [-0.25, -0.2) is 9.67 Å². The van der Waals surface area contributed by atoms with Gasteiger partial charge in [-0.2, -0.15) is 5.10 Å². The van der Waals surface area contributed by atoms with Gasteiger partial charge >= 0.3 is 0 Å². The molecule has 4 nitrogen and oxygen atoms in total. The highest BCUT2D eigenvalue weighted by Gasteiger charge is 2.35. The first-order chi connectivity index (χ1) is 8.54.